The lowest BCUT2D eigenvalue weighted by Crippen LogP contribution is -2.35. The second-order valence-electron chi connectivity index (χ2n) is 8.24. The van der Waals surface area contributed by atoms with E-state index >= 15 is 0 Å². The molecule has 0 saturated carbocycles. The van der Waals surface area contributed by atoms with E-state index in [2.05, 4.69) is 54.8 Å². The molecule has 1 aliphatic rings. The van der Waals surface area contributed by atoms with Crippen molar-refractivity contribution in [1.82, 2.24) is 24.6 Å². The van der Waals surface area contributed by atoms with Crippen LogP contribution < -0.4 is 0 Å². The minimum absolute atomic E-state index is 0.101. The van der Waals surface area contributed by atoms with Gasteiger partial charge in [0.1, 0.15) is 12.2 Å². The van der Waals surface area contributed by atoms with Gasteiger partial charge in [0.25, 0.3) is 5.91 Å². The molecule has 146 valence electrons. The number of aryl methyl sites for hydroxylation is 1. The highest BCUT2D eigenvalue weighted by molar-refractivity contribution is 5.94. The summed E-state index contributed by atoms with van der Waals surface area (Å²) in [5, 5.41) is 4.25. The zero-order chi connectivity index (χ0) is 19.4. The summed E-state index contributed by atoms with van der Waals surface area (Å²) in [6.07, 6.45) is 2.60. The van der Waals surface area contributed by atoms with Crippen molar-refractivity contribution < 1.29 is 4.79 Å². The summed E-state index contributed by atoms with van der Waals surface area (Å²) in [4.78, 5) is 21.6. The summed E-state index contributed by atoms with van der Waals surface area (Å²) in [7, 11) is 0. The second kappa shape index (κ2) is 8.21. The Morgan fingerprint density at radius 1 is 1.07 bits per heavy atom. The van der Waals surface area contributed by atoms with Gasteiger partial charge in [-0.3, -0.25) is 9.69 Å². The first-order valence-electron chi connectivity index (χ1n) is 9.87. The van der Waals surface area contributed by atoms with E-state index in [1.807, 2.05) is 21.7 Å². The molecule has 0 N–H and O–H groups in total. The van der Waals surface area contributed by atoms with Crippen molar-refractivity contribution in [2.75, 3.05) is 26.2 Å². The van der Waals surface area contributed by atoms with Crippen LogP contribution in [0.4, 0.5) is 0 Å². The van der Waals surface area contributed by atoms with Crippen molar-refractivity contribution in [1.29, 1.82) is 0 Å². The van der Waals surface area contributed by atoms with Gasteiger partial charge < -0.3 is 4.90 Å². The van der Waals surface area contributed by atoms with Crippen LogP contribution in [0.5, 0.6) is 0 Å². The molecule has 0 atom stereocenters. The van der Waals surface area contributed by atoms with Gasteiger partial charge in [0.2, 0.25) is 0 Å². The molecule has 2 aromatic rings. The Balaban J connectivity index is 1.61. The fourth-order valence-electron chi connectivity index (χ4n) is 3.50. The molecule has 0 radical (unpaired) electrons. The molecule has 1 aromatic heterocycles. The smallest absolute Gasteiger partial charge is 0.253 e. The summed E-state index contributed by atoms with van der Waals surface area (Å²) in [6.45, 7) is 13.6. The molecule has 6 nitrogen and oxygen atoms in total. The third kappa shape index (κ3) is 4.75. The van der Waals surface area contributed by atoms with Gasteiger partial charge in [-0.25, -0.2) is 9.67 Å². The SMILES string of the molecule is CCn1ncnc1CN1CCCN(C(=O)c2ccc(C(C)(C)C)cc2)CC1. The summed E-state index contributed by atoms with van der Waals surface area (Å²) >= 11 is 0. The minimum atomic E-state index is 0.101. The minimum Gasteiger partial charge on any atom is -0.337 e. The second-order valence-corrected chi connectivity index (χ2v) is 8.24. The van der Waals surface area contributed by atoms with Crippen molar-refractivity contribution in [3.63, 3.8) is 0 Å². The monoisotopic (exact) mass is 369 g/mol. The molecule has 1 aromatic carbocycles. The number of nitrogens with zero attached hydrogens (tertiary/aromatic N) is 5. The average molecular weight is 370 g/mol. The third-order valence-electron chi connectivity index (χ3n) is 5.23. The Labute approximate surface area is 162 Å². The standard InChI is InChI=1S/C21H31N5O/c1-5-26-19(22-16-23-26)15-24-11-6-12-25(14-13-24)20(27)17-7-9-18(10-8-17)21(2,3)4/h7-10,16H,5-6,11-15H2,1-4H3. The van der Waals surface area contributed by atoms with Gasteiger partial charge >= 0.3 is 0 Å². The van der Waals surface area contributed by atoms with Gasteiger partial charge in [0.15, 0.2) is 0 Å². The molecule has 0 spiro atoms. The number of hydrogen-bond acceptors (Lipinski definition) is 4. The lowest BCUT2D eigenvalue weighted by Gasteiger charge is -2.23. The number of benzene rings is 1. The molecule has 0 bridgehead atoms. The van der Waals surface area contributed by atoms with Gasteiger partial charge in [-0.05, 0) is 36.5 Å². The largest absolute Gasteiger partial charge is 0.337 e. The Morgan fingerprint density at radius 2 is 1.81 bits per heavy atom. The van der Waals surface area contributed by atoms with Crippen molar-refractivity contribution >= 4 is 5.91 Å². The Morgan fingerprint density at radius 3 is 2.48 bits per heavy atom. The van der Waals surface area contributed by atoms with Gasteiger partial charge in [-0.1, -0.05) is 32.9 Å². The quantitative estimate of drug-likeness (QED) is 0.831. The predicted octanol–water partition coefficient (Wildman–Crippen LogP) is 2.94. The van der Waals surface area contributed by atoms with Crippen LogP contribution >= 0.6 is 0 Å². The molecule has 27 heavy (non-hydrogen) atoms. The number of rotatable bonds is 4. The van der Waals surface area contributed by atoms with Gasteiger partial charge in [0, 0.05) is 38.3 Å². The van der Waals surface area contributed by atoms with Crippen molar-refractivity contribution in [2.45, 2.75) is 52.6 Å². The van der Waals surface area contributed by atoms with Crippen LogP contribution in [0.25, 0.3) is 0 Å². The molecule has 3 rings (SSSR count). The summed E-state index contributed by atoms with van der Waals surface area (Å²) < 4.78 is 1.94. The first kappa shape index (κ1) is 19.5. The first-order chi connectivity index (χ1) is 12.9. The highest BCUT2D eigenvalue weighted by Gasteiger charge is 2.22. The molecule has 0 aliphatic carbocycles. The molecule has 6 heteroatoms. The summed E-state index contributed by atoms with van der Waals surface area (Å²) in [5.74, 6) is 1.13. The number of aromatic nitrogens is 3. The van der Waals surface area contributed by atoms with Crippen LogP contribution in [0.3, 0.4) is 0 Å². The zero-order valence-corrected chi connectivity index (χ0v) is 17.0. The van der Waals surface area contributed by atoms with Crippen LogP contribution in [-0.2, 0) is 18.5 Å². The first-order valence-corrected chi connectivity index (χ1v) is 9.87. The van der Waals surface area contributed by atoms with Crippen molar-refractivity contribution in [2.24, 2.45) is 0 Å². The Kier molecular flexibility index (Phi) is 5.95. The normalized spacial score (nSPS) is 16.4. The molecular weight excluding hydrogens is 338 g/mol. The lowest BCUT2D eigenvalue weighted by molar-refractivity contribution is 0.0761. The highest BCUT2D eigenvalue weighted by atomic mass is 16.2. The van der Waals surface area contributed by atoms with Gasteiger partial charge in [-0.2, -0.15) is 5.10 Å². The lowest BCUT2D eigenvalue weighted by atomic mass is 9.86. The van der Waals surface area contributed by atoms with E-state index in [0.29, 0.717) is 0 Å². The fourth-order valence-corrected chi connectivity index (χ4v) is 3.50. The number of carbonyl (C=O) groups excluding carboxylic acids is 1. The van der Waals surface area contributed by atoms with Crippen molar-refractivity contribution in [3.05, 3.63) is 47.5 Å². The maximum Gasteiger partial charge on any atom is 0.253 e. The zero-order valence-electron chi connectivity index (χ0n) is 17.0. The summed E-state index contributed by atoms with van der Waals surface area (Å²) in [6, 6.07) is 8.09. The molecule has 1 saturated heterocycles. The van der Waals surface area contributed by atoms with Crippen molar-refractivity contribution in [3.8, 4) is 0 Å². The Bertz CT molecular complexity index is 760. The topological polar surface area (TPSA) is 54.3 Å². The Hall–Kier alpha value is -2.21. The van der Waals surface area contributed by atoms with Crippen LogP contribution in [0.15, 0.2) is 30.6 Å². The van der Waals surface area contributed by atoms with Crippen LogP contribution in [0, 0.1) is 0 Å². The fraction of sp³-hybridized carbons (Fsp3) is 0.571. The molecule has 2 heterocycles. The molecule has 0 unspecified atom stereocenters. The van der Waals surface area contributed by atoms with E-state index in [1.165, 1.54) is 5.56 Å². The summed E-state index contributed by atoms with van der Waals surface area (Å²) in [5.41, 5.74) is 2.13. The van der Waals surface area contributed by atoms with E-state index in [0.717, 1.165) is 57.1 Å². The average Bonchev–Trinajstić information content (AvgIpc) is 2.96. The van der Waals surface area contributed by atoms with Gasteiger partial charge in [0.05, 0.1) is 6.54 Å². The number of amides is 1. The molecular formula is C21H31N5O. The predicted molar refractivity (Wildman–Crippen MR) is 107 cm³/mol. The van der Waals surface area contributed by atoms with Gasteiger partial charge in [-0.15, -0.1) is 0 Å². The van der Waals surface area contributed by atoms with Crippen LogP contribution in [-0.4, -0.2) is 56.7 Å². The van der Waals surface area contributed by atoms with Crippen LogP contribution in [0.2, 0.25) is 0 Å². The van der Waals surface area contributed by atoms with E-state index in [9.17, 15) is 4.79 Å². The molecule has 1 aliphatic heterocycles. The molecule has 1 fully saturated rings. The number of hydrogen-bond donors (Lipinski definition) is 0. The molecule has 1 amide bonds. The maximum atomic E-state index is 12.9. The highest BCUT2D eigenvalue weighted by Crippen LogP contribution is 2.22. The third-order valence-corrected chi connectivity index (χ3v) is 5.23. The van der Waals surface area contributed by atoms with E-state index < -0.39 is 0 Å². The van der Waals surface area contributed by atoms with E-state index in [-0.39, 0.29) is 11.3 Å². The van der Waals surface area contributed by atoms with E-state index in [1.54, 1.807) is 6.33 Å². The number of carbonyl (C=O) groups is 1. The van der Waals surface area contributed by atoms with Crippen LogP contribution in [0.1, 0.15) is 55.9 Å². The van der Waals surface area contributed by atoms with E-state index in [4.69, 9.17) is 0 Å². The maximum absolute atomic E-state index is 12.9.